The van der Waals surface area contributed by atoms with E-state index < -0.39 is 0 Å². The number of aliphatic hydroxyl groups excluding tert-OH is 1. The van der Waals surface area contributed by atoms with E-state index in [-0.39, 0.29) is 18.6 Å². The second-order valence-corrected chi connectivity index (χ2v) is 6.91. The van der Waals surface area contributed by atoms with E-state index in [1.165, 1.54) is 0 Å². The number of nitrogens with one attached hydrogen (secondary N) is 1. The molecule has 0 spiro atoms. The second-order valence-electron chi connectivity index (χ2n) is 6.91. The normalized spacial score (nSPS) is 11.8. The molecule has 1 atom stereocenters. The Labute approximate surface area is 164 Å². The fourth-order valence-electron chi connectivity index (χ4n) is 3.01. The summed E-state index contributed by atoms with van der Waals surface area (Å²) >= 11 is 0. The number of pyridine rings is 1. The van der Waals surface area contributed by atoms with Gasteiger partial charge in [-0.25, -0.2) is 0 Å². The van der Waals surface area contributed by atoms with Gasteiger partial charge in [0.25, 0.3) is 5.91 Å². The van der Waals surface area contributed by atoms with Gasteiger partial charge in [-0.3, -0.25) is 9.78 Å². The summed E-state index contributed by atoms with van der Waals surface area (Å²) in [7, 11) is 0. The molecule has 0 aliphatic carbocycles. The van der Waals surface area contributed by atoms with Crippen LogP contribution in [0.25, 0.3) is 22.3 Å². The molecule has 0 aliphatic heterocycles. The fourth-order valence-corrected chi connectivity index (χ4v) is 3.01. The summed E-state index contributed by atoms with van der Waals surface area (Å²) in [6.07, 6.45) is 3.29. The number of rotatable bonds is 5. The molecule has 0 saturated heterocycles. The number of nitrogens with two attached hydrogens (primary N) is 2. The number of aryl methyl sites for hydroxylation is 1. The first kappa shape index (κ1) is 19.4. The van der Waals surface area contributed by atoms with Crippen molar-refractivity contribution in [3.63, 3.8) is 0 Å². The summed E-state index contributed by atoms with van der Waals surface area (Å²) in [5.74, 6) is -0.280. The van der Waals surface area contributed by atoms with Crippen LogP contribution in [0.2, 0.25) is 0 Å². The van der Waals surface area contributed by atoms with Crippen molar-refractivity contribution >= 4 is 17.3 Å². The molecule has 6 heteroatoms. The van der Waals surface area contributed by atoms with Crippen LogP contribution in [0.15, 0.2) is 54.9 Å². The number of benzene rings is 2. The number of hydrogen-bond acceptors (Lipinski definition) is 5. The number of anilines is 2. The van der Waals surface area contributed by atoms with Crippen LogP contribution >= 0.6 is 0 Å². The second kappa shape index (κ2) is 8.10. The molecule has 0 bridgehead atoms. The van der Waals surface area contributed by atoms with Crippen molar-refractivity contribution in [1.82, 2.24) is 10.3 Å². The van der Waals surface area contributed by atoms with Crippen LogP contribution in [0.3, 0.4) is 0 Å². The van der Waals surface area contributed by atoms with Crippen LogP contribution in [-0.4, -0.2) is 28.6 Å². The minimum atomic E-state index is -0.354. The monoisotopic (exact) mass is 376 g/mol. The average Bonchev–Trinajstić information content (AvgIpc) is 2.67. The maximum atomic E-state index is 12.7. The maximum Gasteiger partial charge on any atom is 0.251 e. The number of carbonyl (C=O) groups excluding carboxylic acids is 1. The van der Waals surface area contributed by atoms with Gasteiger partial charge in [-0.2, -0.15) is 0 Å². The highest BCUT2D eigenvalue weighted by Crippen LogP contribution is 2.33. The molecule has 144 valence electrons. The standard InChI is InChI=1S/C22H24N4O2/c1-13-3-4-18(21(24)7-13)15-8-16(19-11-25-6-5-20(19)23)10-17(9-15)22(28)26-14(2)12-27/h3-11,14,27H,12,24H2,1-2H3,(H2,23,25)(H,26,28)/t14-/m0/s1. The van der Waals surface area contributed by atoms with Crippen LogP contribution in [0.5, 0.6) is 0 Å². The Morgan fingerprint density at radius 3 is 2.43 bits per heavy atom. The van der Waals surface area contributed by atoms with Gasteiger partial charge in [0.15, 0.2) is 0 Å². The predicted octanol–water partition coefficient (Wildman–Crippen LogP) is 3.00. The minimum Gasteiger partial charge on any atom is -0.398 e. The third kappa shape index (κ3) is 4.13. The van der Waals surface area contributed by atoms with Crippen LogP contribution < -0.4 is 16.8 Å². The number of carbonyl (C=O) groups is 1. The van der Waals surface area contributed by atoms with Gasteiger partial charge in [-0.1, -0.05) is 12.1 Å². The van der Waals surface area contributed by atoms with E-state index in [0.717, 1.165) is 27.8 Å². The molecular weight excluding hydrogens is 352 g/mol. The zero-order valence-electron chi connectivity index (χ0n) is 15.9. The number of amides is 1. The smallest absolute Gasteiger partial charge is 0.251 e. The van der Waals surface area contributed by atoms with E-state index in [1.54, 1.807) is 37.5 Å². The van der Waals surface area contributed by atoms with Crippen molar-refractivity contribution in [2.45, 2.75) is 19.9 Å². The van der Waals surface area contributed by atoms with Crippen molar-refractivity contribution in [2.24, 2.45) is 0 Å². The molecule has 3 rings (SSSR count). The van der Waals surface area contributed by atoms with Gasteiger partial charge in [0.05, 0.1) is 6.61 Å². The Bertz CT molecular complexity index is 1020. The summed E-state index contributed by atoms with van der Waals surface area (Å²) in [5.41, 5.74) is 18.2. The van der Waals surface area contributed by atoms with Crippen LogP contribution in [-0.2, 0) is 0 Å². The van der Waals surface area contributed by atoms with Crippen molar-refractivity contribution in [3.05, 3.63) is 66.0 Å². The Morgan fingerprint density at radius 2 is 1.79 bits per heavy atom. The van der Waals surface area contributed by atoms with E-state index in [1.807, 2.05) is 31.2 Å². The first-order valence-electron chi connectivity index (χ1n) is 9.02. The highest BCUT2D eigenvalue weighted by Gasteiger charge is 2.15. The summed E-state index contributed by atoms with van der Waals surface area (Å²) in [4.78, 5) is 16.9. The molecular formula is C22H24N4O2. The van der Waals surface area contributed by atoms with E-state index in [9.17, 15) is 9.90 Å². The average molecular weight is 376 g/mol. The van der Waals surface area contributed by atoms with Crippen LogP contribution in [0.1, 0.15) is 22.8 Å². The SMILES string of the molecule is Cc1ccc(-c2cc(C(=O)N[C@@H](C)CO)cc(-c3cnccc3N)c2)c(N)c1. The molecule has 1 aromatic heterocycles. The van der Waals surface area contributed by atoms with Gasteiger partial charge in [0, 0.05) is 46.5 Å². The van der Waals surface area contributed by atoms with Crippen molar-refractivity contribution in [2.75, 3.05) is 18.1 Å². The van der Waals surface area contributed by atoms with Gasteiger partial charge in [-0.05, 0) is 60.9 Å². The summed E-state index contributed by atoms with van der Waals surface area (Å²) < 4.78 is 0. The largest absolute Gasteiger partial charge is 0.398 e. The highest BCUT2D eigenvalue weighted by atomic mass is 16.3. The highest BCUT2D eigenvalue weighted by molar-refractivity contribution is 5.98. The van der Waals surface area contributed by atoms with Crippen LogP contribution in [0, 0.1) is 6.92 Å². The number of nitrogen functional groups attached to an aromatic ring is 2. The zero-order valence-corrected chi connectivity index (χ0v) is 15.9. The maximum absolute atomic E-state index is 12.7. The molecule has 1 amide bonds. The quantitative estimate of drug-likeness (QED) is 0.511. The Kier molecular flexibility index (Phi) is 5.61. The molecule has 2 aromatic carbocycles. The fraction of sp³-hybridized carbons (Fsp3) is 0.182. The van der Waals surface area contributed by atoms with E-state index in [2.05, 4.69) is 10.3 Å². The van der Waals surface area contributed by atoms with E-state index in [4.69, 9.17) is 11.5 Å². The molecule has 3 aromatic rings. The lowest BCUT2D eigenvalue weighted by molar-refractivity contribution is 0.0922. The lowest BCUT2D eigenvalue weighted by Gasteiger charge is -2.15. The van der Waals surface area contributed by atoms with Crippen molar-refractivity contribution < 1.29 is 9.90 Å². The lowest BCUT2D eigenvalue weighted by atomic mass is 9.94. The number of aliphatic hydroxyl groups is 1. The van der Waals surface area contributed by atoms with Gasteiger partial charge < -0.3 is 21.9 Å². The molecule has 0 aliphatic rings. The van der Waals surface area contributed by atoms with Gasteiger partial charge >= 0.3 is 0 Å². The molecule has 0 unspecified atom stereocenters. The summed E-state index contributed by atoms with van der Waals surface area (Å²) in [6.45, 7) is 3.57. The minimum absolute atomic E-state index is 0.140. The number of aromatic nitrogens is 1. The first-order valence-corrected chi connectivity index (χ1v) is 9.02. The number of nitrogens with zero attached hydrogens (tertiary/aromatic N) is 1. The molecule has 6 N–H and O–H groups in total. The van der Waals surface area contributed by atoms with Crippen molar-refractivity contribution in [1.29, 1.82) is 0 Å². The first-order chi connectivity index (χ1) is 13.4. The van der Waals surface area contributed by atoms with E-state index >= 15 is 0 Å². The van der Waals surface area contributed by atoms with Crippen molar-refractivity contribution in [3.8, 4) is 22.3 Å². The summed E-state index contributed by atoms with van der Waals surface area (Å²) in [5, 5.41) is 12.0. The molecule has 0 fully saturated rings. The molecule has 6 nitrogen and oxygen atoms in total. The van der Waals surface area contributed by atoms with Gasteiger partial charge in [0.2, 0.25) is 0 Å². The topological polar surface area (TPSA) is 114 Å². The Hall–Kier alpha value is -3.38. The predicted molar refractivity (Wildman–Crippen MR) is 113 cm³/mol. The Balaban J connectivity index is 2.16. The van der Waals surface area contributed by atoms with Crippen LogP contribution in [0.4, 0.5) is 11.4 Å². The number of hydrogen-bond donors (Lipinski definition) is 4. The third-order valence-corrected chi connectivity index (χ3v) is 4.53. The lowest BCUT2D eigenvalue weighted by Crippen LogP contribution is -2.35. The zero-order chi connectivity index (χ0) is 20.3. The van der Waals surface area contributed by atoms with E-state index in [0.29, 0.717) is 16.9 Å². The van der Waals surface area contributed by atoms with Gasteiger partial charge in [0.1, 0.15) is 0 Å². The molecule has 1 heterocycles. The third-order valence-electron chi connectivity index (χ3n) is 4.53. The Morgan fingerprint density at radius 1 is 1.07 bits per heavy atom. The summed E-state index contributed by atoms with van der Waals surface area (Å²) in [6, 6.07) is 12.7. The van der Waals surface area contributed by atoms with Gasteiger partial charge in [-0.15, -0.1) is 0 Å². The molecule has 28 heavy (non-hydrogen) atoms. The molecule has 0 radical (unpaired) electrons. The molecule has 0 saturated carbocycles.